The number of ether oxygens (including phenoxy) is 2. The highest BCUT2D eigenvalue weighted by molar-refractivity contribution is 5.78. The predicted molar refractivity (Wildman–Crippen MR) is 99.1 cm³/mol. The molecular formula is C19H31N3O3. The van der Waals surface area contributed by atoms with Crippen LogP contribution in [0.25, 0.3) is 0 Å². The number of benzene rings is 1. The fourth-order valence-electron chi connectivity index (χ4n) is 2.93. The Labute approximate surface area is 151 Å². The van der Waals surface area contributed by atoms with Gasteiger partial charge in [0.15, 0.2) is 0 Å². The van der Waals surface area contributed by atoms with E-state index in [1.165, 1.54) is 0 Å². The monoisotopic (exact) mass is 349 g/mol. The summed E-state index contributed by atoms with van der Waals surface area (Å²) >= 11 is 0. The third-order valence-corrected chi connectivity index (χ3v) is 4.42. The molecule has 25 heavy (non-hydrogen) atoms. The first kappa shape index (κ1) is 19.5. The molecule has 6 heteroatoms. The average molecular weight is 349 g/mol. The number of nitrogens with one attached hydrogen (secondary N) is 1. The molecule has 140 valence electrons. The van der Waals surface area contributed by atoms with Crippen molar-refractivity contribution in [3.05, 3.63) is 23.8 Å². The maximum absolute atomic E-state index is 11.9. The van der Waals surface area contributed by atoms with Crippen LogP contribution in [0.5, 0.6) is 11.5 Å². The molecule has 1 aliphatic heterocycles. The molecule has 1 fully saturated rings. The van der Waals surface area contributed by atoms with Crippen LogP contribution in [0.15, 0.2) is 18.2 Å². The smallest absolute Gasteiger partial charge is 0.234 e. The molecule has 0 aliphatic carbocycles. The summed E-state index contributed by atoms with van der Waals surface area (Å²) in [7, 11) is 3.37. The van der Waals surface area contributed by atoms with Crippen molar-refractivity contribution in [2.75, 3.05) is 53.5 Å². The SMILES string of the molecule is COc1ccc(OC)c(CN2CCN(CC(=O)NCC(C)C)CC2)c1. The minimum absolute atomic E-state index is 0.122. The minimum atomic E-state index is 0.122. The number of hydrogen-bond donors (Lipinski definition) is 1. The van der Waals surface area contributed by atoms with E-state index in [2.05, 4.69) is 29.0 Å². The summed E-state index contributed by atoms with van der Waals surface area (Å²) in [5.74, 6) is 2.34. The van der Waals surface area contributed by atoms with Gasteiger partial charge in [-0.2, -0.15) is 0 Å². The summed E-state index contributed by atoms with van der Waals surface area (Å²) in [6, 6.07) is 5.89. The first-order valence-electron chi connectivity index (χ1n) is 8.94. The third kappa shape index (κ3) is 6.21. The molecule has 0 bridgehead atoms. The lowest BCUT2D eigenvalue weighted by atomic mass is 10.1. The maximum Gasteiger partial charge on any atom is 0.234 e. The average Bonchev–Trinajstić information content (AvgIpc) is 2.61. The number of carbonyl (C=O) groups excluding carboxylic acids is 1. The molecule has 1 N–H and O–H groups in total. The van der Waals surface area contributed by atoms with Crippen LogP contribution in [0.3, 0.4) is 0 Å². The van der Waals surface area contributed by atoms with E-state index in [-0.39, 0.29) is 5.91 Å². The van der Waals surface area contributed by atoms with Gasteiger partial charge in [0.25, 0.3) is 0 Å². The van der Waals surface area contributed by atoms with Crippen LogP contribution in [0.2, 0.25) is 0 Å². The molecule has 6 nitrogen and oxygen atoms in total. The number of piperazine rings is 1. The van der Waals surface area contributed by atoms with Crippen molar-refractivity contribution in [3.63, 3.8) is 0 Å². The Morgan fingerprint density at radius 1 is 1.12 bits per heavy atom. The van der Waals surface area contributed by atoms with E-state index in [9.17, 15) is 4.79 Å². The van der Waals surface area contributed by atoms with Gasteiger partial charge in [-0.3, -0.25) is 14.6 Å². The number of nitrogens with zero attached hydrogens (tertiary/aromatic N) is 2. The standard InChI is InChI=1S/C19H31N3O3/c1-15(2)12-20-19(23)14-22-9-7-21(8-10-22)13-16-11-17(24-3)5-6-18(16)25-4/h5-6,11,15H,7-10,12-14H2,1-4H3,(H,20,23). The van der Waals surface area contributed by atoms with Crippen molar-refractivity contribution in [2.24, 2.45) is 5.92 Å². The van der Waals surface area contributed by atoms with Gasteiger partial charge in [-0.25, -0.2) is 0 Å². The highest BCUT2D eigenvalue weighted by atomic mass is 16.5. The summed E-state index contributed by atoms with van der Waals surface area (Å²) in [5, 5.41) is 2.98. The Morgan fingerprint density at radius 2 is 1.80 bits per heavy atom. The lowest BCUT2D eigenvalue weighted by Gasteiger charge is -2.34. The van der Waals surface area contributed by atoms with Crippen LogP contribution >= 0.6 is 0 Å². The van der Waals surface area contributed by atoms with Crippen LogP contribution in [-0.2, 0) is 11.3 Å². The molecule has 1 aromatic rings. The molecule has 1 amide bonds. The van der Waals surface area contributed by atoms with Gasteiger partial charge in [-0.05, 0) is 24.1 Å². The van der Waals surface area contributed by atoms with Crippen LogP contribution in [0.4, 0.5) is 0 Å². The zero-order valence-corrected chi connectivity index (χ0v) is 15.9. The zero-order chi connectivity index (χ0) is 18.2. The van der Waals surface area contributed by atoms with Gasteiger partial charge in [-0.15, -0.1) is 0 Å². The molecule has 0 unspecified atom stereocenters. The molecule has 0 aromatic heterocycles. The van der Waals surface area contributed by atoms with E-state index >= 15 is 0 Å². The van der Waals surface area contributed by atoms with Crippen molar-refractivity contribution < 1.29 is 14.3 Å². The number of carbonyl (C=O) groups is 1. The topological polar surface area (TPSA) is 54.0 Å². The summed E-state index contributed by atoms with van der Waals surface area (Å²) in [5.41, 5.74) is 1.13. The Bertz CT molecular complexity index is 555. The number of hydrogen-bond acceptors (Lipinski definition) is 5. The fourth-order valence-corrected chi connectivity index (χ4v) is 2.93. The van der Waals surface area contributed by atoms with E-state index in [0.717, 1.165) is 56.3 Å². The van der Waals surface area contributed by atoms with E-state index in [1.807, 2.05) is 18.2 Å². The third-order valence-electron chi connectivity index (χ3n) is 4.42. The molecule has 0 saturated carbocycles. The Balaban J connectivity index is 1.81. The summed E-state index contributed by atoms with van der Waals surface area (Å²) < 4.78 is 10.8. The highest BCUT2D eigenvalue weighted by Gasteiger charge is 2.20. The van der Waals surface area contributed by atoms with E-state index < -0.39 is 0 Å². The lowest BCUT2D eigenvalue weighted by molar-refractivity contribution is -0.122. The first-order valence-corrected chi connectivity index (χ1v) is 8.94. The number of rotatable bonds is 8. The zero-order valence-electron chi connectivity index (χ0n) is 15.9. The maximum atomic E-state index is 11.9. The molecular weight excluding hydrogens is 318 g/mol. The Kier molecular flexibility index (Phi) is 7.52. The highest BCUT2D eigenvalue weighted by Crippen LogP contribution is 2.25. The van der Waals surface area contributed by atoms with Gasteiger partial charge in [0.2, 0.25) is 5.91 Å². The summed E-state index contributed by atoms with van der Waals surface area (Å²) in [4.78, 5) is 16.6. The van der Waals surface area contributed by atoms with Gasteiger partial charge < -0.3 is 14.8 Å². The minimum Gasteiger partial charge on any atom is -0.497 e. The van der Waals surface area contributed by atoms with Crippen LogP contribution in [-0.4, -0.2) is 69.2 Å². The van der Waals surface area contributed by atoms with Crippen LogP contribution in [0.1, 0.15) is 19.4 Å². The van der Waals surface area contributed by atoms with Crippen molar-refractivity contribution in [1.82, 2.24) is 15.1 Å². The summed E-state index contributed by atoms with van der Waals surface area (Å²) in [6.45, 7) is 9.96. The second kappa shape index (κ2) is 9.63. The van der Waals surface area contributed by atoms with Crippen molar-refractivity contribution in [2.45, 2.75) is 20.4 Å². The van der Waals surface area contributed by atoms with Crippen LogP contribution in [0, 0.1) is 5.92 Å². The van der Waals surface area contributed by atoms with Gasteiger partial charge >= 0.3 is 0 Å². The van der Waals surface area contributed by atoms with Gasteiger partial charge in [0.05, 0.1) is 20.8 Å². The van der Waals surface area contributed by atoms with Gasteiger partial charge in [-0.1, -0.05) is 13.8 Å². The molecule has 2 rings (SSSR count). The Hall–Kier alpha value is -1.79. The van der Waals surface area contributed by atoms with E-state index in [4.69, 9.17) is 9.47 Å². The molecule has 1 saturated heterocycles. The normalized spacial score (nSPS) is 16.0. The van der Waals surface area contributed by atoms with E-state index in [0.29, 0.717) is 12.5 Å². The van der Waals surface area contributed by atoms with Crippen molar-refractivity contribution in [3.8, 4) is 11.5 Å². The second-order valence-corrected chi connectivity index (χ2v) is 6.93. The predicted octanol–water partition coefficient (Wildman–Crippen LogP) is 1.59. The van der Waals surface area contributed by atoms with Crippen LogP contribution < -0.4 is 14.8 Å². The molecule has 1 aliphatic rings. The first-order chi connectivity index (χ1) is 12.0. The molecule has 0 spiro atoms. The van der Waals surface area contributed by atoms with Crippen molar-refractivity contribution >= 4 is 5.91 Å². The van der Waals surface area contributed by atoms with E-state index in [1.54, 1.807) is 14.2 Å². The molecule has 0 radical (unpaired) electrons. The molecule has 0 atom stereocenters. The number of amides is 1. The van der Waals surface area contributed by atoms with Gasteiger partial charge in [0, 0.05) is 44.8 Å². The largest absolute Gasteiger partial charge is 0.497 e. The Morgan fingerprint density at radius 3 is 2.40 bits per heavy atom. The lowest BCUT2D eigenvalue weighted by Crippen LogP contribution is -2.49. The van der Waals surface area contributed by atoms with Crippen molar-refractivity contribution in [1.29, 1.82) is 0 Å². The fraction of sp³-hybridized carbons (Fsp3) is 0.632. The summed E-state index contributed by atoms with van der Waals surface area (Å²) in [6.07, 6.45) is 0. The van der Waals surface area contributed by atoms with Gasteiger partial charge in [0.1, 0.15) is 11.5 Å². The second-order valence-electron chi connectivity index (χ2n) is 6.93. The quantitative estimate of drug-likeness (QED) is 0.772. The molecule has 1 heterocycles. The molecule has 1 aromatic carbocycles. The number of methoxy groups -OCH3 is 2.